The summed E-state index contributed by atoms with van der Waals surface area (Å²) in [6.07, 6.45) is 0. The smallest absolute Gasteiger partial charge is 0.230 e. The van der Waals surface area contributed by atoms with Gasteiger partial charge in [0.05, 0.1) is 5.75 Å². The van der Waals surface area contributed by atoms with Crippen LogP contribution >= 0.6 is 11.8 Å². The van der Waals surface area contributed by atoms with Crippen molar-refractivity contribution < 1.29 is 4.79 Å². The molecule has 3 N–H and O–H groups in total. The molecule has 1 aromatic heterocycles. The molecule has 0 saturated carbocycles. The summed E-state index contributed by atoms with van der Waals surface area (Å²) in [5.41, 5.74) is -0.172. The van der Waals surface area contributed by atoms with Crippen LogP contribution in [0.15, 0.2) is 5.16 Å². The van der Waals surface area contributed by atoms with E-state index in [9.17, 15) is 4.79 Å². The maximum absolute atomic E-state index is 11.8. The lowest BCUT2D eigenvalue weighted by Gasteiger charge is -2.17. The number of rotatable bonds is 5. The second-order valence-corrected chi connectivity index (χ2v) is 7.26. The first-order valence-electron chi connectivity index (χ1n) is 6.76. The number of carbonyl (C=O) groups excluding carboxylic acids is 1. The number of carbonyl (C=O) groups is 1. The van der Waals surface area contributed by atoms with Crippen molar-refractivity contribution in [1.29, 1.82) is 0 Å². The van der Waals surface area contributed by atoms with Gasteiger partial charge in [-0.1, -0.05) is 46.4 Å². The van der Waals surface area contributed by atoms with Crippen LogP contribution in [0.5, 0.6) is 0 Å². The number of amides is 1. The quantitative estimate of drug-likeness (QED) is 0.636. The van der Waals surface area contributed by atoms with Crippen molar-refractivity contribution >= 4 is 17.7 Å². The van der Waals surface area contributed by atoms with Crippen LogP contribution in [0.4, 0.5) is 0 Å². The van der Waals surface area contributed by atoms with E-state index in [1.54, 1.807) is 0 Å². The second-order valence-electron chi connectivity index (χ2n) is 6.32. The Labute approximate surface area is 124 Å². The molecule has 1 rings (SSSR count). The van der Waals surface area contributed by atoms with E-state index in [1.165, 1.54) is 16.4 Å². The Hall–Kier alpha value is -1.24. The number of thioether (sulfide) groups is 1. The zero-order chi connectivity index (χ0) is 15.5. The van der Waals surface area contributed by atoms with Crippen molar-refractivity contribution in [2.24, 2.45) is 5.92 Å². The maximum Gasteiger partial charge on any atom is 0.230 e. The zero-order valence-corrected chi connectivity index (χ0v) is 13.9. The molecule has 114 valence electrons. The number of nitrogens with one attached hydrogen (secondary N) is 1. The zero-order valence-electron chi connectivity index (χ0n) is 13.1. The van der Waals surface area contributed by atoms with E-state index in [2.05, 4.69) is 29.4 Å². The molecule has 1 atom stereocenters. The Morgan fingerprint density at radius 3 is 2.40 bits per heavy atom. The molecule has 6 nitrogen and oxygen atoms in total. The van der Waals surface area contributed by atoms with Crippen LogP contribution in [-0.2, 0) is 10.2 Å². The Bertz CT molecular complexity index is 464. The van der Waals surface area contributed by atoms with Gasteiger partial charge in [0.2, 0.25) is 11.1 Å². The number of nitrogens with zero attached hydrogens (tertiary/aromatic N) is 3. The molecule has 0 spiro atoms. The first-order valence-corrected chi connectivity index (χ1v) is 7.74. The number of nitrogens with two attached hydrogens (primary N) is 1. The summed E-state index contributed by atoms with van der Waals surface area (Å²) >= 11 is 1.30. The van der Waals surface area contributed by atoms with E-state index in [-0.39, 0.29) is 23.1 Å². The van der Waals surface area contributed by atoms with E-state index in [1.807, 2.05) is 27.7 Å². The average molecular weight is 299 g/mol. The van der Waals surface area contributed by atoms with Gasteiger partial charge in [0, 0.05) is 11.5 Å². The van der Waals surface area contributed by atoms with Crippen LogP contribution in [0.2, 0.25) is 0 Å². The van der Waals surface area contributed by atoms with Crippen LogP contribution in [0.1, 0.15) is 47.4 Å². The van der Waals surface area contributed by atoms with E-state index >= 15 is 0 Å². The highest BCUT2D eigenvalue weighted by Gasteiger charge is 2.23. The molecule has 1 amide bonds. The number of aromatic nitrogens is 3. The molecule has 1 heterocycles. The first-order chi connectivity index (χ1) is 9.12. The average Bonchev–Trinajstić information content (AvgIpc) is 2.67. The van der Waals surface area contributed by atoms with Crippen molar-refractivity contribution in [3.63, 3.8) is 0 Å². The molecular formula is C13H25N5OS. The minimum atomic E-state index is -0.172. The third-order valence-corrected chi connectivity index (χ3v) is 4.00. The highest BCUT2D eigenvalue weighted by molar-refractivity contribution is 7.99. The van der Waals surface area contributed by atoms with Crippen molar-refractivity contribution in [3.8, 4) is 0 Å². The predicted molar refractivity (Wildman–Crippen MR) is 82.0 cm³/mol. The van der Waals surface area contributed by atoms with Gasteiger partial charge in [-0.2, -0.15) is 0 Å². The lowest BCUT2D eigenvalue weighted by molar-refractivity contribution is -0.119. The molecule has 7 heteroatoms. The Morgan fingerprint density at radius 1 is 1.35 bits per heavy atom. The van der Waals surface area contributed by atoms with Gasteiger partial charge in [-0.3, -0.25) is 4.79 Å². The molecule has 0 aliphatic rings. The van der Waals surface area contributed by atoms with Gasteiger partial charge in [0.1, 0.15) is 0 Å². The van der Waals surface area contributed by atoms with Crippen LogP contribution in [-0.4, -0.2) is 32.6 Å². The Morgan fingerprint density at radius 2 is 1.95 bits per heavy atom. The fraction of sp³-hybridized carbons (Fsp3) is 0.769. The lowest BCUT2D eigenvalue weighted by Crippen LogP contribution is -2.37. The molecule has 1 unspecified atom stereocenters. The molecule has 0 radical (unpaired) electrons. The summed E-state index contributed by atoms with van der Waals surface area (Å²) in [4.78, 5) is 11.8. The second kappa shape index (κ2) is 6.47. The molecule has 0 aromatic carbocycles. The Kier molecular flexibility index (Phi) is 5.44. The molecule has 0 aliphatic carbocycles. The summed E-state index contributed by atoms with van der Waals surface area (Å²) in [5, 5.41) is 11.6. The van der Waals surface area contributed by atoms with Crippen LogP contribution in [0, 0.1) is 5.92 Å². The normalized spacial score (nSPS) is 13.6. The Balaban J connectivity index is 2.59. The van der Waals surface area contributed by atoms with Crippen LogP contribution in [0.25, 0.3) is 0 Å². The van der Waals surface area contributed by atoms with E-state index < -0.39 is 0 Å². The van der Waals surface area contributed by atoms with Gasteiger partial charge in [-0.15, -0.1) is 10.2 Å². The highest BCUT2D eigenvalue weighted by atomic mass is 32.2. The maximum atomic E-state index is 11.8. The third kappa shape index (κ3) is 4.40. The molecular weight excluding hydrogens is 274 g/mol. The summed E-state index contributed by atoms with van der Waals surface area (Å²) in [5.74, 6) is 7.35. The van der Waals surface area contributed by atoms with Gasteiger partial charge in [-0.05, 0) is 12.8 Å². The van der Waals surface area contributed by atoms with Gasteiger partial charge in [0.25, 0.3) is 0 Å². The summed E-state index contributed by atoms with van der Waals surface area (Å²) < 4.78 is 1.46. The summed E-state index contributed by atoms with van der Waals surface area (Å²) in [6.45, 7) is 12.2. The summed E-state index contributed by atoms with van der Waals surface area (Å²) in [7, 11) is 0. The topological polar surface area (TPSA) is 85.8 Å². The largest absolute Gasteiger partial charge is 0.353 e. The van der Waals surface area contributed by atoms with Crippen molar-refractivity contribution in [1.82, 2.24) is 20.2 Å². The van der Waals surface area contributed by atoms with Crippen LogP contribution in [0.3, 0.4) is 0 Å². The molecule has 0 bridgehead atoms. The van der Waals surface area contributed by atoms with E-state index in [4.69, 9.17) is 5.84 Å². The molecule has 0 aliphatic heterocycles. The predicted octanol–water partition coefficient (Wildman–Crippen LogP) is 1.54. The number of hydrogen-bond acceptors (Lipinski definition) is 5. The van der Waals surface area contributed by atoms with Gasteiger partial charge >= 0.3 is 0 Å². The monoisotopic (exact) mass is 299 g/mol. The number of hydrogen-bond donors (Lipinski definition) is 2. The van der Waals surface area contributed by atoms with Crippen molar-refractivity contribution in [2.75, 3.05) is 11.6 Å². The van der Waals surface area contributed by atoms with Gasteiger partial charge < -0.3 is 11.2 Å². The SMILES string of the molecule is CC(C)C(C)NC(=O)CSc1nnc(C(C)(C)C)n1N. The molecule has 0 saturated heterocycles. The molecule has 0 fully saturated rings. The minimum absolute atomic E-state index is 0.0171. The standard InChI is InChI=1S/C13H25N5OS/c1-8(2)9(3)15-10(19)7-20-12-17-16-11(18(12)14)13(4,5)6/h8-9H,7,14H2,1-6H3,(H,15,19). The van der Waals surface area contributed by atoms with Gasteiger partial charge in [0.15, 0.2) is 5.82 Å². The summed E-state index contributed by atoms with van der Waals surface area (Å²) in [6, 6.07) is 0.156. The van der Waals surface area contributed by atoms with E-state index in [0.29, 0.717) is 16.9 Å². The number of nitrogen functional groups attached to an aromatic ring is 1. The molecule has 20 heavy (non-hydrogen) atoms. The molecule has 1 aromatic rings. The highest BCUT2D eigenvalue weighted by Crippen LogP contribution is 2.23. The van der Waals surface area contributed by atoms with E-state index in [0.717, 1.165) is 0 Å². The lowest BCUT2D eigenvalue weighted by atomic mass is 9.96. The van der Waals surface area contributed by atoms with Gasteiger partial charge in [-0.25, -0.2) is 4.68 Å². The first kappa shape index (κ1) is 16.8. The fourth-order valence-corrected chi connectivity index (χ4v) is 2.15. The minimum Gasteiger partial charge on any atom is -0.353 e. The third-order valence-electron chi connectivity index (χ3n) is 3.06. The van der Waals surface area contributed by atoms with Crippen molar-refractivity contribution in [3.05, 3.63) is 5.82 Å². The van der Waals surface area contributed by atoms with Crippen LogP contribution < -0.4 is 11.2 Å². The van der Waals surface area contributed by atoms with Crippen molar-refractivity contribution in [2.45, 2.75) is 58.2 Å². The fourth-order valence-electron chi connectivity index (χ4n) is 1.48.